The molecule has 1 fully saturated rings. The largest absolute Gasteiger partial charge is 0.508 e. The second-order valence-corrected chi connectivity index (χ2v) is 5.82. The molecule has 1 amide bonds. The fourth-order valence-electron chi connectivity index (χ4n) is 3.01. The molecule has 1 heterocycles. The maximum atomic E-state index is 11.2. The van der Waals surface area contributed by atoms with Crippen molar-refractivity contribution in [2.24, 2.45) is 11.7 Å². The molecule has 3 rings (SSSR count). The number of primary amides is 1. The predicted molar refractivity (Wildman–Crippen MR) is 82.8 cm³/mol. The molecule has 21 heavy (non-hydrogen) atoms. The van der Waals surface area contributed by atoms with Crippen molar-refractivity contribution >= 4 is 16.7 Å². The highest BCUT2D eigenvalue weighted by atomic mass is 16.3. The molecule has 110 valence electrons. The molecule has 0 bridgehead atoms. The van der Waals surface area contributed by atoms with Crippen molar-refractivity contribution in [3.8, 4) is 5.75 Å². The number of amides is 1. The summed E-state index contributed by atoms with van der Waals surface area (Å²) in [4.78, 5) is 13.5. The number of hydrogen-bond donors (Lipinski definition) is 2. The predicted octanol–water partition coefficient (Wildman–Crippen LogP) is 2.24. The highest BCUT2D eigenvalue weighted by Crippen LogP contribution is 2.23. The number of fused-ring (bicyclic) bond motifs is 1. The molecule has 0 aliphatic carbocycles. The first-order valence-corrected chi connectivity index (χ1v) is 7.35. The fourth-order valence-corrected chi connectivity index (χ4v) is 3.01. The zero-order chi connectivity index (χ0) is 14.8. The summed E-state index contributed by atoms with van der Waals surface area (Å²) >= 11 is 0. The van der Waals surface area contributed by atoms with Gasteiger partial charge in [0.25, 0.3) is 0 Å². The topological polar surface area (TPSA) is 66.6 Å². The van der Waals surface area contributed by atoms with Gasteiger partial charge in [-0.1, -0.05) is 18.2 Å². The van der Waals surface area contributed by atoms with Gasteiger partial charge in [0, 0.05) is 12.5 Å². The van der Waals surface area contributed by atoms with Crippen molar-refractivity contribution in [2.75, 3.05) is 13.1 Å². The standard InChI is InChI=1S/C17H20N2O2/c18-17(21)13-5-7-19(8-6-13)11-12-1-2-15-10-16(20)4-3-14(15)9-12/h1-4,9-10,13,20H,5-8,11H2,(H2,18,21). The minimum atomic E-state index is -0.167. The van der Waals surface area contributed by atoms with Gasteiger partial charge in [-0.25, -0.2) is 0 Å². The first-order chi connectivity index (χ1) is 10.1. The van der Waals surface area contributed by atoms with Crippen LogP contribution in [0.4, 0.5) is 0 Å². The van der Waals surface area contributed by atoms with Crippen LogP contribution < -0.4 is 5.73 Å². The second-order valence-electron chi connectivity index (χ2n) is 5.82. The number of nitrogens with zero attached hydrogens (tertiary/aromatic N) is 1. The van der Waals surface area contributed by atoms with Gasteiger partial charge in [-0.3, -0.25) is 9.69 Å². The number of carbonyl (C=O) groups excluding carboxylic acids is 1. The van der Waals surface area contributed by atoms with E-state index in [4.69, 9.17) is 5.73 Å². The van der Waals surface area contributed by atoms with Crippen LogP contribution >= 0.6 is 0 Å². The van der Waals surface area contributed by atoms with E-state index in [9.17, 15) is 9.90 Å². The van der Waals surface area contributed by atoms with Gasteiger partial charge in [0.1, 0.15) is 5.75 Å². The highest BCUT2D eigenvalue weighted by molar-refractivity contribution is 5.84. The second kappa shape index (κ2) is 5.74. The van der Waals surface area contributed by atoms with E-state index in [-0.39, 0.29) is 11.8 Å². The molecule has 4 nitrogen and oxygen atoms in total. The Kier molecular flexibility index (Phi) is 3.80. The van der Waals surface area contributed by atoms with Gasteiger partial charge in [-0.15, -0.1) is 0 Å². The Bertz CT molecular complexity index is 661. The molecule has 2 aromatic carbocycles. The third kappa shape index (κ3) is 3.16. The van der Waals surface area contributed by atoms with Crippen LogP contribution in [0.25, 0.3) is 10.8 Å². The smallest absolute Gasteiger partial charge is 0.220 e. The number of phenols is 1. The van der Waals surface area contributed by atoms with Crippen molar-refractivity contribution < 1.29 is 9.90 Å². The number of benzene rings is 2. The molecule has 1 aliphatic heterocycles. The first-order valence-electron chi connectivity index (χ1n) is 7.35. The van der Waals surface area contributed by atoms with Gasteiger partial charge in [-0.05, 0) is 60.5 Å². The van der Waals surface area contributed by atoms with E-state index in [1.807, 2.05) is 12.1 Å². The van der Waals surface area contributed by atoms with E-state index >= 15 is 0 Å². The average molecular weight is 284 g/mol. The number of likely N-dealkylation sites (tertiary alicyclic amines) is 1. The Morgan fingerprint density at radius 3 is 2.52 bits per heavy atom. The Morgan fingerprint density at radius 2 is 1.81 bits per heavy atom. The van der Waals surface area contributed by atoms with Crippen LogP contribution in [0.15, 0.2) is 36.4 Å². The minimum absolute atomic E-state index is 0.0424. The van der Waals surface area contributed by atoms with Gasteiger partial charge in [-0.2, -0.15) is 0 Å². The summed E-state index contributed by atoms with van der Waals surface area (Å²) < 4.78 is 0. The molecular formula is C17H20N2O2. The first kappa shape index (κ1) is 13.9. The normalized spacial score (nSPS) is 17.1. The van der Waals surface area contributed by atoms with E-state index in [0.29, 0.717) is 5.75 Å². The minimum Gasteiger partial charge on any atom is -0.508 e. The molecule has 1 saturated heterocycles. The van der Waals surface area contributed by atoms with Crippen LogP contribution in [0, 0.1) is 5.92 Å². The van der Waals surface area contributed by atoms with Crippen LogP contribution in [0.3, 0.4) is 0 Å². The lowest BCUT2D eigenvalue weighted by Gasteiger charge is -2.30. The molecule has 0 spiro atoms. The summed E-state index contributed by atoms with van der Waals surface area (Å²) in [6.45, 7) is 2.73. The van der Waals surface area contributed by atoms with Gasteiger partial charge >= 0.3 is 0 Å². The van der Waals surface area contributed by atoms with Gasteiger partial charge in [0.2, 0.25) is 5.91 Å². The third-order valence-corrected chi connectivity index (χ3v) is 4.28. The SMILES string of the molecule is NC(=O)C1CCN(Cc2ccc3cc(O)ccc3c2)CC1. The van der Waals surface area contributed by atoms with E-state index in [0.717, 1.165) is 43.2 Å². The summed E-state index contributed by atoms with van der Waals surface area (Å²) in [5.41, 5.74) is 6.62. The zero-order valence-electron chi connectivity index (χ0n) is 12.0. The third-order valence-electron chi connectivity index (χ3n) is 4.28. The monoisotopic (exact) mass is 284 g/mol. The number of rotatable bonds is 3. The molecule has 0 saturated carbocycles. The van der Waals surface area contributed by atoms with Crippen LogP contribution in [0.5, 0.6) is 5.75 Å². The maximum Gasteiger partial charge on any atom is 0.220 e. The molecular weight excluding hydrogens is 264 g/mol. The fraction of sp³-hybridized carbons (Fsp3) is 0.353. The quantitative estimate of drug-likeness (QED) is 0.908. The van der Waals surface area contributed by atoms with Gasteiger partial charge in [0.05, 0.1) is 0 Å². The lowest BCUT2D eigenvalue weighted by Crippen LogP contribution is -2.38. The molecule has 2 aromatic rings. The molecule has 0 atom stereocenters. The molecule has 1 aliphatic rings. The zero-order valence-corrected chi connectivity index (χ0v) is 12.0. The number of carbonyl (C=O) groups is 1. The van der Waals surface area contributed by atoms with Gasteiger partial charge < -0.3 is 10.8 Å². The number of phenolic OH excluding ortho intramolecular Hbond substituents is 1. The summed E-state index contributed by atoms with van der Waals surface area (Å²) in [6.07, 6.45) is 1.72. The summed E-state index contributed by atoms with van der Waals surface area (Å²) in [5.74, 6) is 0.171. The Labute approximate surface area is 124 Å². The van der Waals surface area contributed by atoms with Crippen molar-refractivity contribution in [2.45, 2.75) is 19.4 Å². The molecule has 0 aromatic heterocycles. The maximum absolute atomic E-state index is 11.2. The molecule has 0 radical (unpaired) electrons. The van der Waals surface area contributed by atoms with Crippen LogP contribution in [-0.2, 0) is 11.3 Å². The Balaban J connectivity index is 1.68. The summed E-state index contributed by atoms with van der Waals surface area (Å²) in [7, 11) is 0. The summed E-state index contributed by atoms with van der Waals surface area (Å²) in [5, 5.41) is 11.7. The number of nitrogens with two attached hydrogens (primary N) is 1. The van der Waals surface area contributed by atoms with E-state index < -0.39 is 0 Å². The van der Waals surface area contributed by atoms with Gasteiger partial charge in [0.15, 0.2) is 0 Å². The highest BCUT2D eigenvalue weighted by Gasteiger charge is 2.22. The lowest BCUT2D eigenvalue weighted by molar-refractivity contribution is -0.123. The number of piperidine rings is 1. The van der Waals surface area contributed by atoms with Crippen LogP contribution in [0.1, 0.15) is 18.4 Å². The van der Waals surface area contributed by atoms with E-state index in [2.05, 4.69) is 17.0 Å². The van der Waals surface area contributed by atoms with Crippen LogP contribution in [-0.4, -0.2) is 29.0 Å². The van der Waals surface area contributed by atoms with E-state index in [1.54, 1.807) is 12.1 Å². The average Bonchev–Trinajstić information content (AvgIpc) is 2.48. The molecule has 3 N–H and O–H groups in total. The van der Waals surface area contributed by atoms with Crippen molar-refractivity contribution in [1.29, 1.82) is 0 Å². The Morgan fingerprint density at radius 1 is 1.14 bits per heavy atom. The van der Waals surface area contributed by atoms with E-state index in [1.165, 1.54) is 5.56 Å². The van der Waals surface area contributed by atoms with Crippen molar-refractivity contribution in [3.05, 3.63) is 42.0 Å². The lowest BCUT2D eigenvalue weighted by atomic mass is 9.96. The van der Waals surface area contributed by atoms with Crippen molar-refractivity contribution in [1.82, 2.24) is 4.90 Å². The number of aromatic hydroxyl groups is 1. The Hall–Kier alpha value is -2.07. The van der Waals surface area contributed by atoms with Crippen LogP contribution in [0.2, 0.25) is 0 Å². The number of hydrogen-bond acceptors (Lipinski definition) is 3. The van der Waals surface area contributed by atoms with Crippen molar-refractivity contribution in [3.63, 3.8) is 0 Å². The summed E-state index contributed by atoms with van der Waals surface area (Å²) in [6, 6.07) is 11.7. The molecule has 0 unspecified atom stereocenters. The molecule has 4 heteroatoms.